The number of esters is 2. The van der Waals surface area contributed by atoms with Gasteiger partial charge in [0.2, 0.25) is 0 Å². The highest BCUT2D eigenvalue weighted by atomic mass is 16.6. The topological polar surface area (TPSA) is 99.2 Å². The second kappa shape index (κ2) is 8.27. The number of hydrogen-bond donors (Lipinski definition) is 0. The minimum absolute atomic E-state index is 0.0360. The molecule has 2 bridgehead atoms. The summed E-state index contributed by atoms with van der Waals surface area (Å²) in [4.78, 5) is 49.6. The van der Waals surface area contributed by atoms with Crippen LogP contribution in [0.4, 0.5) is 4.79 Å². The second-order valence-corrected chi connectivity index (χ2v) is 8.28. The first-order valence-electron chi connectivity index (χ1n) is 9.29. The number of piperidine rings is 1. The Kier molecular flexibility index (Phi) is 6.49. The maximum absolute atomic E-state index is 13.1. The molecule has 27 heavy (non-hydrogen) atoms. The lowest BCUT2D eigenvalue weighted by molar-refractivity contribution is -0.155. The number of hydrogen-bond acceptors (Lipinski definition) is 7. The number of carbonyl (C=O) groups excluding carboxylic acids is 4. The maximum atomic E-state index is 13.1. The van der Waals surface area contributed by atoms with Crippen LogP contribution in [0.25, 0.3) is 0 Å². The summed E-state index contributed by atoms with van der Waals surface area (Å²) in [6.45, 7) is 8.51. The van der Waals surface area contributed by atoms with E-state index in [1.165, 1.54) is 18.7 Å². The zero-order chi connectivity index (χ0) is 20.4. The summed E-state index contributed by atoms with van der Waals surface area (Å²) in [5.41, 5.74) is -0.672. The van der Waals surface area contributed by atoms with Crippen LogP contribution < -0.4 is 0 Å². The summed E-state index contributed by atoms with van der Waals surface area (Å²) >= 11 is 0. The fourth-order valence-electron chi connectivity index (χ4n) is 3.89. The summed E-state index contributed by atoms with van der Waals surface area (Å²) in [5.74, 6) is -1.69. The largest absolute Gasteiger partial charge is 0.466 e. The summed E-state index contributed by atoms with van der Waals surface area (Å²) in [7, 11) is 0. The lowest BCUT2D eigenvalue weighted by atomic mass is 9.67. The molecule has 2 aliphatic rings. The average Bonchev–Trinajstić information content (AvgIpc) is 2.50. The molecule has 1 aliphatic carbocycles. The van der Waals surface area contributed by atoms with Crippen molar-refractivity contribution in [3.05, 3.63) is 0 Å². The third kappa shape index (κ3) is 5.43. The van der Waals surface area contributed by atoms with E-state index in [1.54, 1.807) is 20.8 Å². The van der Waals surface area contributed by atoms with Crippen molar-refractivity contribution >= 4 is 23.8 Å². The number of nitrogens with zero attached hydrogens (tertiary/aromatic N) is 1. The number of rotatable bonds is 4. The van der Waals surface area contributed by atoms with E-state index in [2.05, 4.69) is 0 Å². The van der Waals surface area contributed by atoms with Gasteiger partial charge in [0.25, 0.3) is 0 Å². The fraction of sp³-hybridized carbons (Fsp3) is 0.789. The van der Waals surface area contributed by atoms with Gasteiger partial charge in [0.15, 0.2) is 5.78 Å². The summed E-state index contributed by atoms with van der Waals surface area (Å²) in [6.07, 6.45) is 0.493. The van der Waals surface area contributed by atoms with Crippen molar-refractivity contribution in [1.29, 1.82) is 0 Å². The van der Waals surface area contributed by atoms with Crippen LogP contribution in [-0.4, -0.2) is 60.1 Å². The SMILES string of the molecule is CC(=O)OC[C@@H]1C[C@@H](COC(C)=O)[C@H]2CCN(C(=O)OC(C)(C)C)[C@@H]1C2=O. The van der Waals surface area contributed by atoms with Gasteiger partial charge < -0.3 is 14.2 Å². The zero-order valence-corrected chi connectivity index (χ0v) is 16.6. The molecule has 8 nitrogen and oxygen atoms in total. The van der Waals surface area contributed by atoms with E-state index in [1.807, 2.05) is 0 Å². The molecular weight excluding hydrogens is 354 g/mol. The number of Topliss-reactive ketones (excluding diaryl/α,β-unsaturated/α-hetero) is 1. The first kappa shape index (κ1) is 21.2. The second-order valence-electron chi connectivity index (χ2n) is 8.28. The summed E-state index contributed by atoms with van der Waals surface area (Å²) in [6, 6.07) is -0.688. The molecule has 152 valence electrons. The van der Waals surface area contributed by atoms with Gasteiger partial charge in [-0.2, -0.15) is 0 Å². The monoisotopic (exact) mass is 383 g/mol. The molecule has 0 aromatic heterocycles. The standard InChI is InChI=1S/C19H29NO7/c1-11(21)25-9-13-8-14(10-26-12(2)22)16-17(23)15(13)6-7-20(16)18(24)27-19(3,4)5/h13-16H,6-10H2,1-5H3/t13-,14-,15+,16-/m0/s1. The minimum atomic E-state index is -0.688. The lowest BCUT2D eigenvalue weighted by Crippen LogP contribution is -2.62. The molecule has 8 heteroatoms. The van der Waals surface area contributed by atoms with Crippen molar-refractivity contribution in [3.63, 3.8) is 0 Å². The molecule has 0 spiro atoms. The van der Waals surface area contributed by atoms with Gasteiger partial charge in [0, 0.05) is 38.1 Å². The van der Waals surface area contributed by atoms with E-state index < -0.39 is 29.7 Å². The van der Waals surface area contributed by atoms with Crippen LogP contribution in [0.2, 0.25) is 0 Å². The van der Waals surface area contributed by atoms with Crippen molar-refractivity contribution in [2.24, 2.45) is 17.8 Å². The van der Waals surface area contributed by atoms with Gasteiger partial charge in [-0.25, -0.2) is 4.79 Å². The van der Waals surface area contributed by atoms with Crippen molar-refractivity contribution in [2.75, 3.05) is 19.8 Å². The van der Waals surface area contributed by atoms with Gasteiger partial charge in [0.1, 0.15) is 11.6 Å². The highest BCUT2D eigenvalue weighted by molar-refractivity contribution is 5.91. The van der Waals surface area contributed by atoms with E-state index >= 15 is 0 Å². The summed E-state index contributed by atoms with van der Waals surface area (Å²) < 4.78 is 15.7. The van der Waals surface area contributed by atoms with Gasteiger partial charge in [-0.3, -0.25) is 19.3 Å². The molecule has 1 amide bonds. The van der Waals surface area contributed by atoms with Gasteiger partial charge in [-0.1, -0.05) is 0 Å². The Balaban J connectivity index is 2.21. The number of ether oxygens (including phenoxy) is 3. The maximum Gasteiger partial charge on any atom is 0.410 e. The Bertz CT molecular complexity index is 610. The number of ketones is 1. The molecule has 0 radical (unpaired) electrons. The van der Waals surface area contributed by atoms with E-state index in [-0.39, 0.29) is 36.8 Å². The third-order valence-electron chi connectivity index (χ3n) is 4.92. The molecule has 1 heterocycles. The Morgan fingerprint density at radius 1 is 1.04 bits per heavy atom. The van der Waals surface area contributed by atoms with Crippen LogP contribution in [0.15, 0.2) is 0 Å². The highest BCUT2D eigenvalue weighted by Crippen LogP contribution is 2.40. The predicted octanol–water partition coefficient (Wildman–Crippen LogP) is 1.94. The van der Waals surface area contributed by atoms with Gasteiger partial charge in [-0.15, -0.1) is 0 Å². The quantitative estimate of drug-likeness (QED) is 0.540. The Morgan fingerprint density at radius 3 is 2.11 bits per heavy atom. The molecule has 0 N–H and O–H groups in total. The summed E-state index contributed by atoms with van der Waals surface area (Å²) in [5, 5.41) is 0. The third-order valence-corrected chi connectivity index (χ3v) is 4.92. The number of likely N-dealkylation sites (tertiary alicyclic amines) is 1. The number of carbonyl (C=O) groups is 4. The molecule has 2 fully saturated rings. The predicted molar refractivity (Wildman–Crippen MR) is 94.7 cm³/mol. The van der Waals surface area contributed by atoms with Crippen LogP contribution in [0, 0.1) is 17.8 Å². The van der Waals surface area contributed by atoms with E-state index in [4.69, 9.17) is 14.2 Å². The number of fused-ring (bicyclic) bond motifs is 2. The van der Waals surface area contributed by atoms with E-state index in [9.17, 15) is 19.2 Å². The molecule has 1 saturated heterocycles. The smallest absolute Gasteiger partial charge is 0.410 e. The normalized spacial score (nSPS) is 27.7. The van der Waals surface area contributed by atoms with E-state index in [0.717, 1.165) is 0 Å². The molecule has 1 aliphatic heterocycles. The first-order valence-corrected chi connectivity index (χ1v) is 9.29. The Hall–Kier alpha value is -2.12. The van der Waals surface area contributed by atoms with Crippen molar-refractivity contribution < 1.29 is 33.4 Å². The number of amides is 1. The molecule has 4 atom stereocenters. The van der Waals surface area contributed by atoms with Crippen LogP contribution in [0.1, 0.15) is 47.5 Å². The van der Waals surface area contributed by atoms with Crippen molar-refractivity contribution in [1.82, 2.24) is 4.90 Å². The zero-order valence-electron chi connectivity index (χ0n) is 16.6. The highest BCUT2D eigenvalue weighted by Gasteiger charge is 2.51. The van der Waals surface area contributed by atoms with Gasteiger partial charge in [-0.05, 0) is 33.6 Å². The van der Waals surface area contributed by atoms with Crippen LogP contribution in [-0.2, 0) is 28.6 Å². The molecule has 0 aromatic carbocycles. The minimum Gasteiger partial charge on any atom is -0.466 e. The van der Waals surface area contributed by atoms with Crippen molar-refractivity contribution in [2.45, 2.75) is 59.1 Å². The fourth-order valence-corrected chi connectivity index (χ4v) is 3.89. The molecule has 0 aromatic rings. The van der Waals surface area contributed by atoms with Crippen LogP contribution in [0.5, 0.6) is 0 Å². The Labute approximate surface area is 159 Å². The van der Waals surface area contributed by atoms with Gasteiger partial charge in [0.05, 0.1) is 13.2 Å². The lowest BCUT2D eigenvalue weighted by Gasteiger charge is -2.48. The van der Waals surface area contributed by atoms with Crippen LogP contribution >= 0.6 is 0 Å². The van der Waals surface area contributed by atoms with Gasteiger partial charge >= 0.3 is 18.0 Å². The molecule has 0 unspecified atom stereocenters. The van der Waals surface area contributed by atoms with Crippen molar-refractivity contribution in [3.8, 4) is 0 Å². The molecular formula is C19H29NO7. The first-order chi connectivity index (χ1) is 12.5. The molecule has 1 saturated carbocycles. The molecule has 2 rings (SSSR count). The van der Waals surface area contributed by atoms with E-state index in [0.29, 0.717) is 19.4 Å². The Morgan fingerprint density at radius 2 is 1.59 bits per heavy atom. The average molecular weight is 383 g/mol. The van der Waals surface area contributed by atoms with Crippen LogP contribution in [0.3, 0.4) is 0 Å².